The van der Waals surface area contributed by atoms with E-state index in [0.717, 1.165) is 0 Å². The third kappa shape index (κ3) is 1.37. The first-order valence-corrected chi connectivity index (χ1v) is 4.93. The Morgan fingerprint density at radius 2 is 0.765 bits per heavy atom. The molecule has 0 nitrogen and oxygen atoms in total. The van der Waals surface area contributed by atoms with E-state index in [4.69, 9.17) is 0 Å². The van der Waals surface area contributed by atoms with Crippen molar-refractivity contribution in [2.75, 3.05) is 0 Å². The Labute approximate surface area is 100 Å². The smallest absolute Gasteiger partial charge is 0.198 e. The zero-order valence-electron chi connectivity index (χ0n) is 7.23. The van der Waals surface area contributed by atoms with E-state index in [2.05, 4.69) is 0 Å². The molecule has 0 atom stereocenters. The van der Waals surface area contributed by atoms with Crippen LogP contribution in [0.1, 0.15) is 0 Å². The van der Waals surface area contributed by atoms with Crippen LogP contribution in [0.3, 0.4) is 0 Å². The summed E-state index contributed by atoms with van der Waals surface area (Å²) in [6, 6.07) is 0. The van der Waals surface area contributed by atoms with Crippen LogP contribution in [0.2, 0.25) is 0 Å². The van der Waals surface area contributed by atoms with Crippen molar-refractivity contribution in [1.82, 2.24) is 0 Å². The Balaban J connectivity index is 3.56. The second-order valence-electron chi connectivity index (χ2n) is 3.33. The van der Waals surface area contributed by atoms with Crippen LogP contribution in [0, 0.1) is 0 Å². The quantitative estimate of drug-likeness (QED) is 0.334. The summed E-state index contributed by atoms with van der Waals surface area (Å²) in [5.41, 5.74) is 0. The summed E-state index contributed by atoms with van der Waals surface area (Å²) in [6.45, 7) is 0. The largest absolute Gasteiger partial charge is 0.384 e. The van der Waals surface area contributed by atoms with Crippen LogP contribution in [-0.2, 0) is 0 Å². The zero-order valence-corrected chi connectivity index (χ0v) is 9.39. The summed E-state index contributed by atoms with van der Waals surface area (Å²) in [6.07, 6.45) is 0. The van der Waals surface area contributed by atoms with Gasteiger partial charge in [-0.15, -0.1) is 0 Å². The summed E-state index contributed by atoms with van der Waals surface area (Å²) >= 11 is -0.0839. The summed E-state index contributed by atoms with van der Waals surface area (Å²) < 4.78 is 122. The summed E-state index contributed by atoms with van der Waals surface area (Å²) in [7, 11) is 0. The van der Waals surface area contributed by atoms with Gasteiger partial charge in [0.1, 0.15) is 0 Å². The molecule has 0 amide bonds. The van der Waals surface area contributed by atoms with E-state index in [9.17, 15) is 43.9 Å². The van der Waals surface area contributed by atoms with Crippen LogP contribution in [0.15, 0.2) is 0 Å². The molecule has 0 aromatic rings. The second-order valence-corrected chi connectivity index (χ2v) is 4.58. The Kier molecular flexibility index (Phi) is 2.95. The summed E-state index contributed by atoms with van der Waals surface area (Å²) in [4.78, 5) is 0. The SMILES string of the molecule is FC1(F)C(I)C(F)(F)C(F)(F)C(F)(F)C1(F)F. The molecule has 0 unspecified atom stereocenters. The van der Waals surface area contributed by atoms with Crippen molar-refractivity contribution >= 4 is 22.6 Å². The standard InChI is InChI=1S/C6HF10I/c7-2(8)1(17)3(9,10)5(13,14)6(15,16)4(2,11)12/h1H. The second kappa shape index (κ2) is 3.32. The molecule has 0 aromatic carbocycles. The van der Waals surface area contributed by atoms with Gasteiger partial charge in [0.05, 0.1) is 0 Å². The maximum Gasteiger partial charge on any atom is 0.384 e. The molecule has 17 heavy (non-hydrogen) atoms. The fourth-order valence-corrected chi connectivity index (χ4v) is 1.94. The molecule has 0 spiro atoms. The van der Waals surface area contributed by atoms with E-state index < -0.39 is 33.5 Å². The average Bonchev–Trinajstić information content (AvgIpc) is 2.13. The number of hydrogen-bond acceptors (Lipinski definition) is 0. The molecule has 1 aliphatic carbocycles. The van der Waals surface area contributed by atoms with Crippen molar-refractivity contribution in [3.63, 3.8) is 0 Å². The molecule has 1 saturated carbocycles. The van der Waals surface area contributed by atoms with Gasteiger partial charge in [-0.2, -0.15) is 43.9 Å². The van der Waals surface area contributed by atoms with Crippen LogP contribution < -0.4 is 0 Å². The first-order valence-electron chi connectivity index (χ1n) is 3.69. The van der Waals surface area contributed by atoms with Gasteiger partial charge in [-0.05, 0) is 0 Å². The molecule has 0 aliphatic heterocycles. The van der Waals surface area contributed by atoms with Crippen LogP contribution in [0.4, 0.5) is 43.9 Å². The number of hydrogen-bond donors (Lipinski definition) is 0. The first kappa shape index (κ1) is 15.1. The molecule has 1 fully saturated rings. The molecular weight excluding hydrogens is 389 g/mol. The third-order valence-electron chi connectivity index (χ3n) is 2.26. The van der Waals surface area contributed by atoms with Gasteiger partial charge in [0.15, 0.2) is 3.92 Å². The van der Waals surface area contributed by atoms with Crippen molar-refractivity contribution in [2.45, 2.75) is 33.5 Å². The summed E-state index contributed by atoms with van der Waals surface area (Å²) in [5.74, 6) is -31.9. The van der Waals surface area contributed by atoms with Gasteiger partial charge < -0.3 is 0 Å². The normalized spacial score (nSPS) is 33.4. The number of halogens is 11. The molecule has 0 radical (unpaired) electrons. The Bertz CT molecular complexity index is 304. The fourth-order valence-electron chi connectivity index (χ4n) is 1.16. The van der Waals surface area contributed by atoms with Crippen molar-refractivity contribution in [3.8, 4) is 0 Å². The van der Waals surface area contributed by atoms with E-state index in [0.29, 0.717) is 0 Å². The number of rotatable bonds is 0. The Morgan fingerprint density at radius 1 is 0.529 bits per heavy atom. The molecule has 102 valence electrons. The molecular formula is C6HF10I. The minimum atomic E-state index is -6.85. The Morgan fingerprint density at radius 3 is 1.00 bits per heavy atom. The zero-order chi connectivity index (χ0) is 14.1. The average molecular weight is 390 g/mol. The molecule has 11 heteroatoms. The van der Waals surface area contributed by atoms with E-state index >= 15 is 0 Å². The van der Waals surface area contributed by atoms with Crippen molar-refractivity contribution in [2.24, 2.45) is 0 Å². The van der Waals surface area contributed by atoms with Gasteiger partial charge in [-0.25, -0.2) is 0 Å². The molecule has 1 rings (SSSR count). The molecule has 0 saturated heterocycles. The lowest BCUT2D eigenvalue weighted by molar-refractivity contribution is -0.437. The maximum atomic E-state index is 12.7. The predicted molar refractivity (Wildman–Crippen MR) is 42.5 cm³/mol. The minimum Gasteiger partial charge on any atom is -0.198 e. The monoisotopic (exact) mass is 390 g/mol. The van der Waals surface area contributed by atoms with Crippen molar-refractivity contribution in [3.05, 3.63) is 0 Å². The molecule has 0 bridgehead atoms. The van der Waals surface area contributed by atoms with Crippen LogP contribution >= 0.6 is 22.6 Å². The van der Waals surface area contributed by atoms with Gasteiger partial charge in [-0.1, -0.05) is 22.6 Å². The predicted octanol–water partition coefficient (Wildman–Crippen LogP) is 3.98. The lowest BCUT2D eigenvalue weighted by Gasteiger charge is -2.47. The van der Waals surface area contributed by atoms with E-state index in [1.165, 1.54) is 0 Å². The van der Waals surface area contributed by atoms with Crippen LogP contribution in [0.25, 0.3) is 0 Å². The van der Waals surface area contributed by atoms with E-state index in [1.807, 2.05) is 0 Å². The lowest BCUT2D eigenvalue weighted by atomic mass is 9.83. The van der Waals surface area contributed by atoms with Crippen molar-refractivity contribution in [1.29, 1.82) is 0 Å². The number of alkyl halides is 11. The molecule has 0 aromatic heterocycles. The van der Waals surface area contributed by atoms with Gasteiger partial charge in [-0.3, -0.25) is 0 Å². The van der Waals surface area contributed by atoms with Gasteiger partial charge >= 0.3 is 29.6 Å². The van der Waals surface area contributed by atoms with Crippen molar-refractivity contribution < 1.29 is 43.9 Å². The molecule has 0 heterocycles. The third-order valence-corrected chi connectivity index (χ3v) is 3.83. The van der Waals surface area contributed by atoms with E-state index in [-0.39, 0.29) is 22.6 Å². The highest BCUT2D eigenvalue weighted by molar-refractivity contribution is 14.1. The van der Waals surface area contributed by atoms with Gasteiger partial charge in [0, 0.05) is 0 Å². The highest BCUT2D eigenvalue weighted by atomic mass is 127. The fraction of sp³-hybridized carbons (Fsp3) is 1.00. The van der Waals surface area contributed by atoms with Crippen LogP contribution in [-0.4, -0.2) is 33.5 Å². The molecule has 0 N–H and O–H groups in total. The van der Waals surface area contributed by atoms with Crippen LogP contribution in [0.5, 0.6) is 0 Å². The topological polar surface area (TPSA) is 0 Å². The maximum absolute atomic E-state index is 12.7. The van der Waals surface area contributed by atoms with Gasteiger partial charge in [0.25, 0.3) is 0 Å². The highest BCUT2D eigenvalue weighted by Gasteiger charge is 2.94. The Hall–Kier alpha value is 0.0300. The highest BCUT2D eigenvalue weighted by Crippen LogP contribution is 2.66. The minimum absolute atomic E-state index is 0.0839. The first-order chi connectivity index (χ1) is 7.15. The summed E-state index contributed by atoms with van der Waals surface area (Å²) in [5, 5.41) is 0. The van der Waals surface area contributed by atoms with Gasteiger partial charge in [0.2, 0.25) is 0 Å². The lowest BCUT2D eigenvalue weighted by Crippen LogP contribution is -2.78. The van der Waals surface area contributed by atoms with E-state index in [1.54, 1.807) is 0 Å². The molecule has 1 aliphatic rings.